The highest BCUT2D eigenvalue weighted by Crippen LogP contribution is 2.34. The van der Waals surface area contributed by atoms with E-state index in [-0.39, 0.29) is 0 Å². The second-order valence-corrected chi connectivity index (χ2v) is 7.08. The highest BCUT2D eigenvalue weighted by molar-refractivity contribution is 7.99. The van der Waals surface area contributed by atoms with Crippen LogP contribution in [0.4, 0.5) is 5.69 Å². The van der Waals surface area contributed by atoms with E-state index in [0.29, 0.717) is 17.3 Å². The third kappa shape index (κ3) is 3.15. The topological polar surface area (TPSA) is 51.0 Å². The molecule has 0 aliphatic carbocycles. The maximum Gasteiger partial charge on any atom is 0.247 e. The number of hydrogen-bond donors (Lipinski definition) is 1. The molecule has 5 heteroatoms. The molecule has 0 saturated carbocycles. The Kier molecular flexibility index (Phi) is 3.70. The van der Waals surface area contributed by atoms with Gasteiger partial charge in [0.05, 0.1) is 0 Å². The summed E-state index contributed by atoms with van der Waals surface area (Å²) in [4.78, 5) is 0. The monoisotopic (exact) mass is 289 g/mol. The molecule has 1 fully saturated rings. The molecular formula is C15H19N3OS. The molecular weight excluding hydrogens is 270 g/mol. The SMILES string of the molecule is CC1(C)CSCC(Nc2ccc(-c3nnco3)cc2)C1. The molecule has 0 bridgehead atoms. The Labute approximate surface area is 123 Å². The van der Waals surface area contributed by atoms with Crippen LogP contribution in [0.15, 0.2) is 35.1 Å². The van der Waals surface area contributed by atoms with Crippen molar-refractivity contribution in [3.63, 3.8) is 0 Å². The van der Waals surface area contributed by atoms with Crippen molar-refractivity contribution < 1.29 is 4.42 Å². The highest BCUT2D eigenvalue weighted by atomic mass is 32.2. The van der Waals surface area contributed by atoms with Crippen LogP contribution in [0.1, 0.15) is 20.3 Å². The average molecular weight is 289 g/mol. The van der Waals surface area contributed by atoms with Crippen LogP contribution in [-0.4, -0.2) is 27.7 Å². The van der Waals surface area contributed by atoms with E-state index in [0.717, 1.165) is 11.3 Å². The predicted octanol–water partition coefficient (Wildman–Crippen LogP) is 3.68. The van der Waals surface area contributed by atoms with Crippen molar-refractivity contribution in [2.75, 3.05) is 16.8 Å². The normalized spacial score (nSPS) is 21.6. The summed E-state index contributed by atoms with van der Waals surface area (Å²) in [6, 6.07) is 8.71. The van der Waals surface area contributed by atoms with E-state index in [1.165, 1.54) is 24.3 Å². The highest BCUT2D eigenvalue weighted by Gasteiger charge is 2.28. The summed E-state index contributed by atoms with van der Waals surface area (Å²) in [5.74, 6) is 2.99. The van der Waals surface area contributed by atoms with Crippen LogP contribution in [0.3, 0.4) is 0 Å². The molecule has 1 saturated heterocycles. The Morgan fingerprint density at radius 3 is 2.75 bits per heavy atom. The van der Waals surface area contributed by atoms with Crippen molar-refractivity contribution in [2.24, 2.45) is 5.41 Å². The molecule has 1 atom stereocenters. The van der Waals surface area contributed by atoms with E-state index in [2.05, 4.69) is 41.5 Å². The fourth-order valence-corrected chi connectivity index (χ4v) is 3.87. The summed E-state index contributed by atoms with van der Waals surface area (Å²) in [5.41, 5.74) is 2.52. The van der Waals surface area contributed by atoms with Crippen LogP contribution >= 0.6 is 11.8 Å². The lowest BCUT2D eigenvalue weighted by Crippen LogP contribution is -2.35. The standard InChI is InChI=1S/C15H19N3OS/c1-15(2)7-13(8-20-9-15)17-12-5-3-11(4-6-12)14-18-16-10-19-14/h3-6,10,13,17H,7-9H2,1-2H3. The van der Waals surface area contributed by atoms with Crippen molar-refractivity contribution in [3.05, 3.63) is 30.7 Å². The number of thioether (sulfide) groups is 1. The lowest BCUT2D eigenvalue weighted by atomic mass is 9.88. The minimum Gasteiger partial charge on any atom is -0.423 e. The molecule has 0 radical (unpaired) electrons. The van der Waals surface area contributed by atoms with Gasteiger partial charge in [-0.2, -0.15) is 11.8 Å². The van der Waals surface area contributed by atoms with Crippen LogP contribution < -0.4 is 5.32 Å². The molecule has 20 heavy (non-hydrogen) atoms. The fourth-order valence-electron chi connectivity index (χ4n) is 2.60. The fraction of sp³-hybridized carbons (Fsp3) is 0.467. The molecule has 3 rings (SSSR count). The van der Waals surface area contributed by atoms with Crippen LogP contribution in [0, 0.1) is 5.41 Å². The van der Waals surface area contributed by atoms with E-state index in [9.17, 15) is 0 Å². The summed E-state index contributed by atoms with van der Waals surface area (Å²) in [7, 11) is 0. The number of nitrogens with zero attached hydrogens (tertiary/aromatic N) is 2. The van der Waals surface area contributed by atoms with E-state index in [1.54, 1.807) is 0 Å². The first-order chi connectivity index (χ1) is 9.62. The Hall–Kier alpha value is -1.49. The number of benzene rings is 1. The summed E-state index contributed by atoms with van der Waals surface area (Å²) >= 11 is 2.03. The van der Waals surface area contributed by atoms with Crippen molar-refractivity contribution in [2.45, 2.75) is 26.3 Å². The second-order valence-electron chi connectivity index (χ2n) is 6.05. The lowest BCUT2D eigenvalue weighted by molar-refractivity contribution is 0.358. The molecule has 0 spiro atoms. The molecule has 0 amide bonds. The second kappa shape index (κ2) is 5.48. The quantitative estimate of drug-likeness (QED) is 0.934. The summed E-state index contributed by atoms with van der Waals surface area (Å²) in [6.45, 7) is 4.68. The van der Waals surface area contributed by atoms with Crippen molar-refractivity contribution in [1.82, 2.24) is 10.2 Å². The van der Waals surface area contributed by atoms with Crippen LogP contribution in [-0.2, 0) is 0 Å². The first-order valence-corrected chi connectivity index (χ1v) is 7.99. The lowest BCUT2D eigenvalue weighted by Gasteiger charge is -2.35. The zero-order chi connectivity index (χ0) is 14.0. The molecule has 2 heterocycles. The van der Waals surface area contributed by atoms with Gasteiger partial charge in [0.2, 0.25) is 12.3 Å². The third-order valence-corrected chi connectivity index (χ3v) is 5.10. The van der Waals surface area contributed by atoms with Gasteiger partial charge in [-0.25, -0.2) is 0 Å². The number of anilines is 1. The molecule has 4 nitrogen and oxygen atoms in total. The van der Waals surface area contributed by atoms with E-state index >= 15 is 0 Å². The van der Waals surface area contributed by atoms with Gasteiger partial charge in [-0.05, 0) is 41.9 Å². The first-order valence-electron chi connectivity index (χ1n) is 6.83. The van der Waals surface area contributed by atoms with Gasteiger partial charge in [0, 0.05) is 23.0 Å². The van der Waals surface area contributed by atoms with Crippen LogP contribution in [0.25, 0.3) is 11.5 Å². The first kappa shape index (κ1) is 13.5. The van der Waals surface area contributed by atoms with Crippen molar-refractivity contribution in [1.29, 1.82) is 0 Å². The number of aromatic nitrogens is 2. The Bertz CT molecular complexity index is 551. The molecule has 1 aliphatic heterocycles. The molecule has 1 N–H and O–H groups in total. The molecule has 2 aromatic rings. The zero-order valence-corrected chi connectivity index (χ0v) is 12.6. The molecule has 1 aromatic heterocycles. The Morgan fingerprint density at radius 1 is 1.30 bits per heavy atom. The van der Waals surface area contributed by atoms with Gasteiger partial charge in [0.1, 0.15) is 0 Å². The van der Waals surface area contributed by atoms with Gasteiger partial charge >= 0.3 is 0 Å². The van der Waals surface area contributed by atoms with Gasteiger partial charge in [-0.15, -0.1) is 10.2 Å². The minimum absolute atomic E-state index is 0.421. The smallest absolute Gasteiger partial charge is 0.247 e. The number of nitrogens with one attached hydrogen (secondary N) is 1. The summed E-state index contributed by atoms with van der Waals surface area (Å²) < 4.78 is 5.19. The third-order valence-electron chi connectivity index (χ3n) is 3.47. The van der Waals surface area contributed by atoms with Gasteiger partial charge in [0.25, 0.3) is 0 Å². The Balaban J connectivity index is 1.66. The maximum atomic E-state index is 5.19. The van der Waals surface area contributed by atoms with Gasteiger partial charge < -0.3 is 9.73 Å². The van der Waals surface area contributed by atoms with E-state index < -0.39 is 0 Å². The molecule has 1 unspecified atom stereocenters. The molecule has 106 valence electrons. The van der Waals surface area contributed by atoms with Crippen molar-refractivity contribution >= 4 is 17.4 Å². The zero-order valence-electron chi connectivity index (χ0n) is 11.8. The van der Waals surface area contributed by atoms with Crippen molar-refractivity contribution in [3.8, 4) is 11.5 Å². The largest absolute Gasteiger partial charge is 0.423 e. The maximum absolute atomic E-state index is 5.19. The Morgan fingerprint density at radius 2 is 2.10 bits per heavy atom. The van der Waals surface area contributed by atoms with E-state index in [1.807, 2.05) is 23.9 Å². The summed E-state index contributed by atoms with van der Waals surface area (Å²) in [5, 5.41) is 11.2. The van der Waals surface area contributed by atoms with Gasteiger partial charge in [-0.1, -0.05) is 13.8 Å². The molecule has 1 aliphatic rings. The van der Waals surface area contributed by atoms with Gasteiger partial charge in [0.15, 0.2) is 0 Å². The minimum atomic E-state index is 0.421. The van der Waals surface area contributed by atoms with E-state index in [4.69, 9.17) is 4.42 Å². The number of rotatable bonds is 3. The van der Waals surface area contributed by atoms with Crippen LogP contribution in [0.2, 0.25) is 0 Å². The average Bonchev–Trinajstić information content (AvgIpc) is 2.92. The number of hydrogen-bond acceptors (Lipinski definition) is 5. The summed E-state index contributed by atoms with van der Waals surface area (Å²) in [6.07, 6.45) is 2.56. The van der Waals surface area contributed by atoms with Crippen LogP contribution in [0.5, 0.6) is 0 Å². The van der Waals surface area contributed by atoms with Gasteiger partial charge in [-0.3, -0.25) is 0 Å². The predicted molar refractivity (Wildman–Crippen MR) is 82.9 cm³/mol. The molecule has 1 aromatic carbocycles.